The number of hydrogen-bond acceptors (Lipinski definition) is 6. The molecule has 1 amide bonds. The minimum absolute atomic E-state index is 0.0394. The Morgan fingerprint density at radius 3 is 2.14 bits per heavy atom. The second-order valence-electron chi connectivity index (χ2n) is 6.80. The van der Waals surface area contributed by atoms with Crippen LogP contribution in [0.25, 0.3) is 11.1 Å². The molecule has 1 aliphatic rings. The van der Waals surface area contributed by atoms with Gasteiger partial charge in [0.1, 0.15) is 0 Å². The Kier molecular flexibility index (Phi) is 5.59. The Morgan fingerprint density at radius 2 is 1.55 bits per heavy atom. The number of fused-ring (bicyclic) bond motifs is 3. The highest BCUT2D eigenvalue weighted by Crippen LogP contribution is 2.50. The predicted molar refractivity (Wildman–Crippen MR) is 108 cm³/mol. The minimum Gasteiger partial charge on any atom is -0.464 e. The van der Waals surface area contributed by atoms with E-state index in [1.807, 2.05) is 30.3 Å². The quantitative estimate of drug-likeness (QED) is 0.441. The smallest absolute Gasteiger partial charge is 0.344 e. The Labute approximate surface area is 169 Å². The van der Waals surface area contributed by atoms with Gasteiger partial charge in [0.2, 0.25) is 11.4 Å². The van der Waals surface area contributed by atoms with Gasteiger partial charge in [0.25, 0.3) is 0 Å². The zero-order valence-corrected chi connectivity index (χ0v) is 16.7. The molecule has 0 bridgehead atoms. The number of ether oxygens (including phenoxy) is 2. The average molecular weight is 396 g/mol. The molecule has 1 unspecified atom stereocenters. The molecule has 2 aromatic rings. The minimum atomic E-state index is -2.08. The van der Waals surface area contributed by atoms with E-state index in [1.165, 1.54) is 6.92 Å². The summed E-state index contributed by atoms with van der Waals surface area (Å²) in [4.78, 5) is 38.7. The van der Waals surface area contributed by atoms with Crippen molar-refractivity contribution in [3.63, 3.8) is 0 Å². The number of benzene rings is 2. The van der Waals surface area contributed by atoms with Crippen LogP contribution in [0.3, 0.4) is 0 Å². The summed E-state index contributed by atoms with van der Waals surface area (Å²) < 4.78 is 10.5. The molecule has 0 radical (unpaired) electrons. The first-order valence-corrected chi connectivity index (χ1v) is 9.48. The van der Waals surface area contributed by atoms with Crippen molar-refractivity contribution in [3.8, 4) is 11.1 Å². The lowest BCUT2D eigenvalue weighted by atomic mass is 9.77. The number of rotatable bonds is 6. The number of nitrogens with one attached hydrogen (secondary N) is 1. The molecule has 0 heterocycles. The largest absolute Gasteiger partial charge is 0.464 e. The van der Waals surface area contributed by atoms with Gasteiger partial charge < -0.3 is 20.5 Å². The van der Waals surface area contributed by atoms with Crippen LogP contribution >= 0.6 is 0 Å². The Balaban J connectivity index is 2.35. The van der Waals surface area contributed by atoms with Crippen LogP contribution in [0.1, 0.15) is 37.8 Å². The maximum atomic E-state index is 13.2. The van der Waals surface area contributed by atoms with Gasteiger partial charge in [-0.15, -0.1) is 0 Å². The van der Waals surface area contributed by atoms with Crippen molar-refractivity contribution in [1.82, 2.24) is 5.32 Å². The van der Waals surface area contributed by atoms with Crippen molar-refractivity contribution in [2.24, 2.45) is 0 Å². The van der Waals surface area contributed by atoms with E-state index in [9.17, 15) is 14.4 Å². The van der Waals surface area contributed by atoms with Gasteiger partial charge in [-0.25, -0.2) is 9.59 Å². The van der Waals surface area contributed by atoms with Crippen molar-refractivity contribution >= 4 is 23.5 Å². The van der Waals surface area contributed by atoms with Crippen LogP contribution in [-0.2, 0) is 23.9 Å². The molecular formula is C22H24N2O5. The maximum Gasteiger partial charge on any atom is 0.344 e. The lowest BCUT2D eigenvalue weighted by Gasteiger charge is -2.35. The molecule has 2 aromatic carbocycles. The first-order chi connectivity index (χ1) is 13.9. The maximum absolute atomic E-state index is 13.2. The first kappa shape index (κ1) is 20.4. The van der Waals surface area contributed by atoms with Gasteiger partial charge in [0, 0.05) is 12.6 Å². The first-order valence-electron chi connectivity index (χ1n) is 9.48. The highest BCUT2D eigenvalue weighted by Gasteiger charge is 2.59. The highest BCUT2D eigenvalue weighted by atomic mass is 16.6. The molecule has 0 fully saturated rings. The third kappa shape index (κ3) is 3.33. The van der Waals surface area contributed by atoms with E-state index in [0.717, 1.165) is 11.1 Å². The van der Waals surface area contributed by atoms with E-state index in [2.05, 4.69) is 5.32 Å². The second kappa shape index (κ2) is 7.95. The number of anilines is 1. The van der Waals surface area contributed by atoms with Gasteiger partial charge in [-0.05, 0) is 48.2 Å². The Morgan fingerprint density at radius 1 is 0.966 bits per heavy atom. The molecule has 0 aliphatic heterocycles. The number of carbonyl (C=O) groups is 3. The number of hydrogen-bond donors (Lipinski definition) is 2. The number of nitrogen functional groups attached to an aromatic ring is 1. The van der Waals surface area contributed by atoms with Gasteiger partial charge in [0.05, 0.1) is 19.1 Å². The molecule has 7 nitrogen and oxygen atoms in total. The lowest BCUT2D eigenvalue weighted by Crippen LogP contribution is -2.64. The van der Waals surface area contributed by atoms with Gasteiger partial charge in [-0.1, -0.05) is 30.3 Å². The van der Waals surface area contributed by atoms with Crippen molar-refractivity contribution in [2.75, 3.05) is 18.9 Å². The normalized spacial score (nSPS) is 14.5. The SMILES string of the molecule is CCOC(=O)C(NC(C)=O)(C(=O)OCC)C1c2ccccc2-c2ccc(N)cc21. The predicted octanol–water partition coefficient (Wildman–Crippen LogP) is 2.38. The number of carbonyl (C=O) groups excluding carboxylic acids is 3. The van der Waals surface area contributed by atoms with E-state index >= 15 is 0 Å². The summed E-state index contributed by atoms with van der Waals surface area (Å²) in [5.74, 6) is -3.15. The number of amides is 1. The van der Waals surface area contributed by atoms with E-state index < -0.39 is 29.3 Å². The summed E-state index contributed by atoms with van der Waals surface area (Å²) in [6.45, 7) is 4.59. The zero-order chi connectivity index (χ0) is 21.2. The zero-order valence-electron chi connectivity index (χ0n) is 16.7. The molecule has 3 N–H and O–H groups in total. The van der Waals surface area contributed by atoms with Gasteiger partial charge in [-0.2, -0.15) is 0 Å². The molecule has 0 spiro atoms. The van der Waals surface area contributed by atoms with Gasteiger partial charge in [0.15, 0.2) is 0 Å². The topological polar surface area (TPSA) is 108 Å². The molecule has 29 heavy (non-hydrogen) atoms. The van der Waals surface area contributed by atoms with E-state index in [4.69, 9.17) is 15.2 Å². The van der Waals surface area contributed by atoms with E-state index in [1.54, 1.807) is 26.0 Å². The van der Waals surface area contributed by atoms with Crippen LogP contribution < -0.4 is 11.1 Å². The summed E-state index contributed by atoms with van der Waals surface area (Å²) in [6, 6.07) is 12.7. The van der Waals surface area contributed by atoms with Crippen LogP contribution in [0.4, 0.5) is 5.69 Å². The summed E-state index contributed by atoms with van der Waals surface area (Å²) >= 11 is 0. The number of nitrogens with two attached hydrogens (primary N) is 1. The number of esters is 2. The summed E-state index contributed by atoms with van der Waals surface area (Å²) in [7, 11) is 0. The van der Waals surface area contributed by atoms with Crippen LogP contribution in [-0.4, -0.2) is 36.6 Å². The van der Waals surface area contributed by atoms with Crippen LogP contribution in [0, 0.1) is 0 Å². The second-order valence-corrected chi connectivity index (χ2v) is 6.80. The van der Waals surface area contributed by atoms with Crippen LogP contribution in [0.2, 0.25) is 0 Å². The summed E-state index contributed by atoms with van der Waals surface area (Å²) in [5.41, 5.74) is 7.48. The Bertz CT molecular complexity index is 951. The van der Waals surface area contributed by atoms with Crippen molar-refractivity contribution in [2.45, 2.75) is 32.2 Å². The summed E-state index contributed by atoms with van der Waals surface area (Å²) in [5, 5.41) is 2.58. The fourth-order valence-electron chi connectivity index (χ4n) is 3.95. The third-order valence-electron chi connectivity index (χ3n) is 4.95. The third-order valence-corrected chi connectivity index (χ3v) is 4.95. The Hall–Kier alpha value is -3.35. The van der Waals surface area contributed by atoms with Crippen molar-refractivity contribution in [1.29, 1.82) is 0 Å². The molecule has 152 valence electrons. The van der Waals surface area contributed by atoms with Crippen LogP contribution in [0.15, 0.2) is 42.5 Å². The van der Waals surface area contributed by atoms with E-state index in [0.29, 0.717) is 16.8 Å². The molecule has 0 aromatic heterocycles. The fraction of sp³-hybridized carbons (Fsp3) is 0.318. The van der Waals surface area contributed by atoms with Gasteiger partial charge in [-0.3, -0.25) is 4.79 Å². The molecule has 1 atom stereocenters. The highest BCUT2D eigenvalue weighted by molar-refractivity contribution is 6.10. The molecule has 0 saturated heterocycles. The van der Waals surface area contributed by atoms with E-state index in [-0.39, 0.29) is 13.2 Å². The lowest BCUT2D eigenvalue weighted by molar-refractivity contribution is -0.168. The molecule has 1 aliphatic carbocycles. The molecular weight excluding hydrogens is 372 g/mol. The van der Waals surface area contributed by atoms with Crippen molar-refractivity contribution in [3.05, 3.63) is 53.6 Å². The average Bonchev–Trinajstić information content (AvgIpc) is 3.00. The fourth-order valence-corrected chi connectivity index (χ4v) is 3.95. The van der Waals surface area contributed by atoms with Crippen LogP contribution in [0.5, 0.6) is 0 Å². The summed E-state index contributed by atoms with van der Waals surface area (Å²) in [6.07, 6.45) is 0. The van der Waals surface area contributed by atoms with Crippen molar-refractivity contribution < 1.29 is 23.9 Å². The monoisotopic (exact) mass is 396 g/mol. The standard InChI is InChI=1S/C22H24N2O5/c1-4-28-20(26)22(24-13(3)25,21(27)29-5-2)19-17-9-7-6-8-15(17)16-11-10-14(23)12-18(16)19/h6-12,19H,4-5,23H2,1-3H3,(H,24,25). The molecule has 0 saturated carbocycles. The molecule has 3 rings (SSSR count). The van der Waals surface area contributed by atoms with Gasteiger partial charge >= 0.3 is 11.9 Å². The molecule has 7 heteroatoms.